The van der Waals surface area contributed by atoms with E-state index in [0.717, 1.165) is 48.9 Å². The van der Waals surface area contributed by atoms with Gasteiger partial charge in [0.25, 0.3) is 0 Å². The van der Waals surface area contributed by atoms with Crippen molar-refractivity contribution >= 4 is 17.9 Å². The zero-order valence-electron chi connectivity index (χ0n) is 17.1. The number of hydrogen-bond acceptors (Lipinski definition) is 4. The molecule has 33 heavy (non-hydrogen) atoms. The summed E-state index contributed by atoms with van der Waals surface area (Å²) in [4.78, 5) is 10.8. The molecule has 0 bridgehead atoms. The number of allylic oxidation sites excluding steroid dienone is 3. The number of halogens is 7. The number of alkyl halides is 6. The molecule has 1 aliphatic rings. The average molecular weight is 478 g/mol. The van der Waals surface area contributed by atoms with Crippen molar-refractivity contribution in [3.63, 3.8) is 0 Å². The first-order valence-electron chi connectivity index (χ1n) is 9.30. The van der Waals surface area contributed by atoms with Gasteiger partial charge in [0, 0.05) is 17.7 Å². The molecule has 1 aromatic heterocycles. The van der Waals surface area contributed by atoms with Crippen LogP contribution < -0.4 is 15.4 Å². The van der Waals surface area contributed by atoms with Crippen molar-refractivity contribution in [2.45, 2.75) is 31.8 Å². The molecule has 0 atom stereocenters. The van der Waals surface area contributed by atoms with Gasteiger partial charge >= 0.3 is 12.4 Å². The number of ether oxygens (including phenoxy) is 1. The predicted molar refractivity (Wildman–Crippen MR) is 104 cm³/mol. The highest BCUT2D eigenvalue weighted by Crippen LogP contribution is 2.37. The summed E-state index contributed by atoms with van der Waals surface area (Å²) in [6.07, 6.45) is -7.13. The number of nitrogens with zero attached hydrogens (tertiary/aromatic N) is 2. The number of anilines is 1. The van der Waals surface area contributed by atoms with Crippen molar-refractivity contribution in [3.05, 3.63) is 47.9 Å². The van der Waals surface area contributed by atoms with Crippen LogP contribution in [0.4, 0.5) is 36.6 Å². The predicted octanol–water partition coefficient (Wildman–Crippen LogP) is 4.87. The van der Waals surface area contributed by atoms with E-state index in [1.54, 1.807) is 0 Å². The molecule has 0 saturated carbocycles. The van der Waals surface area contributed by atoms with Crippen molar-refractivity contribution in [2.24, 2.45) is 0 Å². The molecular weight excluding hydrogens is 461 g/mol. The number of nitrogens with one attached hydrogen (secondary N) is 2. The monoisotopic (exact) mass is 478 g/mol. The quantitative estimate of drug-likeness (QED) is 0.460. The smallest absolute Gasteiger partial charge is 0.430 e. The molecule has 1 aromatic carbocycles. The lowest BCUT2D eigenvalue weighted by molar-refractivity contribution is -0.234. The molecule has 2 aromatic rings. The van der Waals surface area contributed by atoms with Gasteiger partial charge in [0.1, 0.15) is 17.3 Å². The maximum absolute atomic E-state index is 14.3. The Hall–Kier alpha value is -3.51. The summed E-state index contributed by atoms with van der Waals surface area (Å²) in [6, 6.07) is 4.16. The Balaban J connectivity index is 2.07. The van der Waals surface area contributed by atoms with E-state index in [0.29, 0.717) is 6.41 Å². The van der Waals surface area contributed by atoms with E-state index in [2.05, 4.69) is 15.7 Å². The molecule has 0 radical (unpaired) electrons. The maximum Gasteiger partial charge on any atom is 0.430 e. The third-order valence-corrected chi connectivity index (χ3v) is 4.62. The lowest BCUT2D eigenvalue weighted by atomic mass is 10.1. The highest BCUT2D eigenvalue weighted by atomic mass is 19.4. The summed E-state index contributed by atoms with van der Waals surface area (Å²) in [7, 11) is 0. The number of amides is 1. The van der Waals surface area contributed by atoms with E-state index in [4.69, 9.17) is 4.74 Å². The molecule has 2 N–H and O–H groups in total. The van der Waals surface area contributed by atoms with Crippen molar-refractivity contribution in [2.75, 3.05) is 11.9 Å². The van der Waals surface area contributed by atoms with E-state index in [9.17, 15) is 35.5 Å². The molecule has 178 valence electrons. The zero-order valence-corrected chi connectivity index (χ0v) is 17.1. The van der Waals surface area contributed by atoms with Gasteiger partial charge in [-0.2, -0.15) is 26.3 Å². The van der Waals surface area contributed by atoms with E-state index < -0.39 is 35.2 Å². The SMILES string of the molecule is CC(C)(Oc1cc(F)cc(-c2cc(NC=O)nn2C2=CC=C(C(F)(F)F)NC2)c1)C(F)(F)F. The Bertz CT molecular complexity index is 1110. The summed E-state index contributed by atoms with van der Waals surface area (Å²) in [5.41, 5.74) is -3.32. The van der Waals surface area contributed by atoms with Gasteiger partial charge in [-0.3, -0.25) is 4.79 Å². The fourth-order valence-corrected chi connectivity index (χ4v) is 2.88. The van der Waals surface area contributed by atoms with Crippen LogP contribution in [-0.4, -0.2) is 40.7 Å². The molecule has 0 saturated heterocycles. The fraction of sp³-hybridized carbons (Fsp3) is 0.300. The first kappa shape index (κ1) is 24.1. The van der Waals surface area contributed by atoms with Gasteiger partial charge in [-0.15, -0.1) is 5.10 Å². The summed E-state index contributed by atoms with van der Waals surface area (Å²) >= 11 is 0. The summed E-state index contributed by atoms with van der Waals surface area (Å²) in [6.45, 7) is 1.23. The molecular formula is C20H17F7N4O2. The number of dihydropyridines is 1. The van der Waals surface area contributed by atoms with Gasteiger partial charge in [0.2, 0.25) is 6.41 Å². The molecule has 3 rings (SSSR count). The van der Waals surface area contributed by atoms with Crippen LogP contribution in [0.2, 0.25) is 0 Å². The number of rotatable bonds is 6. The zero-order chi connectivity index (χ0) is 24.6. The number of carbonyl (C=O) groups excluding carboxylic acids is 1. The van der Waals surface area contributed by atoms with E-state index in [-0.39, 0.29) is 29.3 Å². The molecule has 13 heteroatoms. The third-order valence-electron chi connectivity index (χ3n) is 4.62. The molecule has 0 aliphatic carbocycles. The number of aromatic nitrogens is 2. The first-order valence-corrected chi connectivity index (χ1v) is 9.30. The van der Waals surface area contributed by atoms with Crippen LogP contribution in [0.1, 0.15) is 13.8 Å². The topological polar surface area (TPSA) is 68.2 Å². The Kier molecular flexibility index (Phi) is 6.18. The molecule has 0 spiro atoms. The standard InChI is InChI=1S/C20H17F7N4O2/c1-18(2,20(25,26)27)33-14-6-11(5-12(21)7-14)15-8-17(29-10-32)30-31(15)13-3-4-16(28-9-13)19(22,23)24/h3-8,10,28H,9H2,1-2H3,(H,29,30,32). The van der Waals surface area contributed by atoms with Crippen molar-refractivity contribution in [3.8, 4) is 17.0 Å². The third kappa shape index (κ3) is 5.29. The van der Waals surface area contributed by atoms with Crippen LogP contribution in [0.15, 0.2) is 42.1 Å². The van der Waals surface area contributed by atoms with Crippen molar-refractivity contribution < 1.29 is 40.3 Å². The van der Waals surface area contributed by atoms with Crippen LogP contribution in [-0.2, 0) is 4.79 Å². The number of benzene rings is 1. The van der Waals surface area contributed by atoms with Crippen LogP contribution in [0.5, 0.6) is 5.75 Å². The maximum atomic E-state index is 14.3. The van der Waals surface area contributed by atoms with Gasteiger partial charge in [0.15, 0.2) is 11.4 Å². The number of hydrogen-bond donors (Lipinski definition) is 2. The second-order valence-corrected chi connectivity index (χ2v) is 7.46. The average Bonchev–Trinajstić information content (AvgIpc) is 3.10. The minimum absolute atomic E-state index is 0.0147. The van der Waals surface area contributed by atoms with E-state index in [1.807, 2.05) is 0 Å². The van der Waals surface area contributed by atoms with E-state index in [1.165, 1.54) is 6.07 Å². The minimum atomic E-state index is -4.75. The van der Waals surface area contributed by atoms with Crippen molar-refractivity contribution in [1.82, 2.24) is 15.1 Å². The van der Waals surface area contributed by atoms with Crippen LogP contribution >= 0.6 is 0 Å². The van der Waals surface area contributed by atoms with Gasteiger partial charge in [-0.1, -0.05) is 0 Å². The summed E-state index contributed by atoms with van der Waals surface area (Å²) in [5.74, 6) is -1.37. The normalized spacial score (nSPS) is 14.8. The first-order chi connectivity index (χ1) is 15.2. The Labute approximate surface area is 182 Å². The summed E-state index contributed by atoms with van der Waals surface area (Å²) in [5, 5.41) is 8.53. The second kappa shape index (κ2) is 8.45. The molecule has 0 unspecified atom stereocenters. The highest BCUT2D eigenvalue weighted by molar-refractivity contribution is 5.75. The summed E-state index contributed by atoms with van der Waals surface area (Å²) < 4.78 is 98.5. The lowest BCUT2D eigenvalue weighted by Gasteiger charge is -2.29. The molecule has 2 heterocycles. The highest BCUT2D eigenvalue weighted by Gasteiger charge is 2.50. The van der Waals surface area contributed by atoms with Gasteiger partial charge in [-0.05, 0) is 38.1 Å². The molecule has 1 aliphatic heterocycles. The van der Waals surface area contributed by atoms with E-state index >= 15 is 0 Å². The molecule has 6 nitrogen and oxygen atoms in total. The fourth-order valence-electron chi connectivity index (χ4n) is 2.88. The molecule has 0 fully saturated rings. The molecule has 1 amide bonds. The number of carbonyl (C=O) groups is 1. The van der Waals surface area contributed by atoms with Crippen LogP contribution in [0.3, 0.4) is 0 Å². The minimum Gasteiger partial charge on any atom is -0.478 e. The second-order valence-electron chi connectivity index (χ2n) is 7.46. The van der Waals surface area contributed by atoms with Gasteiger partial charge < -0.3 is 15.4 Å². The Morgan fingerprint density at radius 2 is 1.79 bits per heavy atom. The lowest BCUT2D eigenvalue weighted by Crippen LogP contribution is -2.44. The van der Waals surface area contributed by atoms with Crippen molar-refractivity contribution in [1.29, 1.82) is 0 Å². The van der Waals surface area contributed by atoms with Crippen LogP contribution in [0.25, 0.3) is 17.0 Å². The van der Waals surface area contributed by atoms with Gasteiger partial charge in [-0.25, -0.2) is 9.07 Å². The Morgan fingerprint density at radius 1 is 1.09 bits per heavy atom. The van der Waals surface area contributed by atoms with Gasteiger partial charge in [0.05, 0.1) is 17.9 Å². The largest absolute Gasteiger partial charge is 0.478 e. The van der Waals surface area contributed by atoms with Crippen LogP contribution in [0, 0.1) is 5.82 Å². The Morgan fingerprint density at radius 3 is 2.33 bits per heavy atom.